The fourth-order valence-electron chi connectivity index (χ4n) is 2.80. The molecule has 2 aliphatic rings. The monoisotopic (exact) mass is 241 g/mol. The first-order valence-electron chi connectivity index (χ1n) is 6.23. The van der Waals surface area contributed by atoms with E-state index in [1.807, 2.05) is 6.92 Å². The maximum Gasteiger partial charge on any atom is 0.307 e. The molecule has 1 aliphatic carbocycles. The lowest BCUT2D eigenvalue weighted by molar-refractivity contribution is -0.152. The number of carbonyl (C=O) groups excluding carboxylic acids is 1. The molecular weight excluding hydrogens is 222 g/mol. The Bertz CT molecular complexity index is 318. The van der Waals surface area contributed by atoms with E-state index in [0.717, 1.165) is 6.42 Å². The van der Waals surface area contributed by atoms with Crippen molar-refractivity contribution in [3.63, 3.8) is 0 Å². The highest BCUT2D eigenvalue weighted by atomic mass is 16.5. The lowest BCUT2D eigenvalue weighted by Crippen LogP contribution is -2.48. The molecule has 1 saturated heterocycles. The lowest BCUT2D eigenvalue weighted by atomic mass is 9.94. The Morgan fingerprint density at radius 3 is 2.65 bits per heavy atom. The molecule has 1 heterocycles. The highest BCUT2D eigenvalue weighted by Crippen LogP contribution is 2.33. The van der Waals surface area contributed by atoms with Crippen LogP contribution in [0.1, 0.15) is 26.2 Å². The molecule has 17 heavy (non-hydrogen) atoms. The predicted molar refractivity (Wildman–Crippen MR) is 60.5 cm³/mol. The Kier molecular flexibility index (Phi) is 3.66. The number of amides is 1. The summed E-state index contributed by atoms with van der Waals surface area (Å²) in [6.07, 6.45) is 2.23. The Balaban J connectivity index is 2.01. The smallest absolute Gasteiger partial charge is 0.307 e. The third kappa shape index (κ3) is 2.60. The zero-order valence-electron chi connectivity index (χ0n) is 10.1. The van der Waals surface area contributed by atoms with Crippen molar-refractivity contribution in [3.05, 3.63) is 0 Å². The molecule has 0 aromatic carbocycles. The summed E-state index contributed by atoms with van der Waals surface area (Å²) in [5.41, 5.74) is 0. The van der Waals surface area contributed by atoms with Crippen molar-refractivity contribution in [3.8, 4) is 0 Å². The molecule has 2 fully saturated rings. The third-order valence-corrected chi connectivity index (χ3v) is 3.70. The molecule has 0 spiro atoms. The maximum absolute atomic E-state index is 12.3. The molecular formula is C12H19NO4. The van der Waals surface area contributed by atoms with Crippen LogP contribution in [0.5, 0.6) is 0 Å². The van der Waals surface area contributed by atoms with Crippen molar-refractivity contribution in [1.82, 2.24) is 4.90 Å². The molecule has 2 rings (SSSR count). The lowest BCUT2D eigenvalue weighted by Gasteiger charge is -2.33. The number of rotatable bonds is 2. The first-order valence-corrected chi connectivity index (χ1v) is 6.23. The van der Waals surface area contributed by atoms with Gasteiger partial charge in [-0.15, -0.1) is 0 Å². The highest BCUT2D eigenvalue weighted by Gasteiger charge is 2.40. The van der Waals surface area contributed by atoms with Crippen molar-refractivity contribution in [2.24, 2.45) is 11.8 Å². The Morgan fingerprint density at radius 1 is 1.29 bits per heavy atom. The van der Waals surface area contributed by atoms with Crippen molar-refractivity contribution in [1.29, 1.82) is 0 Å². The van der Waals surface area contributed by atoms with Crippen LogP contribution >= 0.6 is 0 Å². The molecule has 1 amide bonds. The summed E-state index contributed by atoms with van der Waals surface area (Å²) in [4.78, 5) is 25.1. The number of hydrogen-bond donors (Lipinski definition) is 1. The normalized spacial score (nSPS) is 33.7. The molecule has 0 radical (unpaired) electrons. The van der Waals surface area contributed by atoms with E-state index in [4.69, 9.17) is 9.84 Å². The first kappa shape index (κ1) is 12.4. The van der Waals surface area contributed by atoms with E-state index < -0.39 is 11.9 Å². The van der Waals surface area contributed by atoms with Crippen LogP contribution in [0, 0.1) is 11.8 Å². The number of morpholine rings is 1. The van der Waals surface area contributed by atoms with Gasteiger partial charge in [0.25, 0.3) is 0 Å². The summed E-state index contributed by atoms with van der Waals surface area (Å²) in [5.74, 6) is -1.63. The average molecular weight is 241 g/mol. The van der Waals surface area contributed by atoms with Gasteiger partial charge in [-0.2, -0.15) is 0 Å². The summed E-state index contributed by atoms with van der Waals surface area (Å²) in [7, 11) is 0. The van der Waals surface area contributed by atoms with Crippen LogP contribution in [0.15, 0.2) is 0 Å². The van der Waals surface area contributed by atoms with Crippen LogP contribution in [0.3, 0.4) is 0 Å². The molecule has 0 aromatic heterocycles. The fraction of sp³-hybridized carbons (Fsp3) is 0.833. The van der Waals surface area contributed by atoms with Crippen molar-refractivity contribution < 1.29 is 19.4 Å². The topological polar surface area (TPSA) is 66.8 Å². The van der Waals surface area contributed by atoms with Gasteiger partial charge in [-0.25, -0.2) is 0 Å². The van der Waals surface area contributed by atoms with E-state index in [9.17, 15) is 9.59 Å². The summed E-state index contributed by atoms with van der Waals surface area (Å²) in [6.45, 7) is 3.66. The van der Waals surface area contributed by atoms with Crippen LogP contribution in [0.2, 0.25) is 0 Å². The molecule has 3 atom stereocenters. The number of carbonyl (C=O) groups is 2. The first-order chi connectivity index (χ1) is 8.09. The molecule has 0 bridgehead atoms. The average Bonchev–Trinajstić information content (AvgIpc) is 2.77. The van der Waals surface area contributed by atoms with E-state index >= 15 is 0 Å². The van der Waals surface area contributed by atoms with E-state index in [2.05, 4.69) is 0 Å². The molecule has 5 nitrogen and oxygen atoms in total. The highest BCUT2D eigenvalue weighted by molar-refractivity contribution is 5.85. The molecule has 0 aromatic rings. The number of ether oxygens (including phenoxy) is 1. The SMILES string of the molecule is CC1CN(C(=O)[C@@H]2CCC[C@@H]2C(=O)O)CCO1. The second-order valence-corrected chi connectivity index (χ2v) is 4.95. The Morgan fingerprint density at radius 2 is 2.00 bits per heavy atom. The van der Waals surface area contributed by atoms with Crippen molar-refractivity contribution in [2.45, 2.75) is 32.3 Å². The standard InChI is InChI=1S/C12H19NO4/c1-8-7-13(5-6-17-8)11(14)9-3-2-4-10(9)12(15)16/h8-10H,2-7H2,1H3,(H,15,16)/t8?,9-,10+/m1/s1. The molecule has 1 saturated carbocycles. The molecule has 5 heteroatoms. The van der Waals surface area contributed by atoms with Crippen LogP contribution in [-0.4, -0.2) is 47.7 Å². The van der Waals surface area contributed by atoms with Gasteiger partial charge in [0.2, 0.25) is 5.91 Å². The zero-order chi connectivity index (χ0) is 12.4. The second-order valence-electron chi connectivity index (χ2n) is 4.95. The Labute approximate surface area is 101 Å². The van der Waals surface area contributed by atoms with Crippen molar-refractivity contribution >= 4 is 11.9 Å². The summed E-state index contributed by atoms with van der Waals surface area (Å²) >= 11 is 0. The maximum atomic E-state index is 12.3. The van der Waals surface area contributed by atoms with Gasteiger partial charge >= 0.3 is 5.97 Å². The molecule has 1 aliphatic heterocycles. The Hall–Kier alpha value is -1.10. The van der Waals surface area contributed by atoms with Gasteiger partial charge in [0, 0.05) is 13.1 Å². The van der Waals surface area contributed by atoms with Gasteiger partial charge < -0.3 is 14.7 Å². The fourth-order valence-corrected chi connectivity index (χ4v) is 2.80. The van der Waals surface area contributed by atoms with Crippen molar-refractivity contribution in [2.75, 3.05) is 19.7 Å². The van der Waals surface area contributed by atoms with E-state index in [0.29, 0.717) is 32.5 Å². The van der Waals surface area contributed by atoms with E-state index in [-0.39, 0.29) is 17.9 Å². The number of nitrogens with zero attached hydrogens (tertiary/aromatic N) is 1. The number of aliphatic carboxylic acids is 1. The third-order valence-electron chi connectivity index (χ3n) is 3.70. The van der Waals surface area contributed by atoms with E-state index in [1.54, 1.807) is 4.90 Å². The predicted octanol–water partition coefficient (Wildman–Crippen LogP) is 0.735. The van der Waals surface area contributed by atoms with Crippen LogP contribution in [0.4, 0.5) is 0 Å². The summed E-state index contributed by atoms with van der Waals surface area (Å²) in [5, 5.41) is 9.09. The minimum atomic E-state index is -0.831. The zero-order valence-corrected chi connectivity index (χ0v) is 10.1. The molecule has 1 unspecified atom stereocenters. The van der Waals surface area contributed by atoms with Gasteiger partial charge in [-0.1, -0.05) is 6.42 Å². The largest absolute Gasteiger partial charge is 0.481 e. The second kappa shape index (κ2) is 5.04. The minimum Gasteiger partial charge on any atom is -0.481 e. The number of carboxylic acid groups (broad SMARTS) is 1. The van der Waals surface area contributed by atoms with Crippen LogP contribution < -0.4 is 0 Å². The van der Waals surface area contributed by atoms with Gasteiger partial charge in [0.05, 0.1) is 24.5 Å². The van der Waals surface area contributed by atoms with Crippen LogP contribution in [-0.2, 0) is 14.3 Å². The van der Waals surface area contributed by atoms with Crippen LogP contribution in [0.25, 0.3) is 0 Å². The minimum absolute atomic E-state index is 0.00468. The molecule has 1 N–H and O–H groups in total. The quantitative estimate of drug-likeness (QED) is 0.774. The van der Waals surface area contributed by atoms with Gasteiger partial charge in [0.15, 0.2) is 0 Å². The van der Waals surface area contributed by atoms with Gasteiger partial charge in [-0.3, -0.25) is 9.59 Å². The molecule has 96 valence electrons. The van der Waals surface area contributed by atoms with E-state index in [1.165, 1.54) is 0 Å². The number of hydrogen-bond acceptors (Lipinski definition) is 3. The summed E-state index contributed by atoms with van der Waals surface area (Å²) in [6, 6.07) is 0. The van der Waals surface area contributed by atoms with Gasteiger partial charge in [-0.05, 0) is 19.8 Å². The van der Waals surface area contributed by atoms with Gasteiger partial charge in [0.1, 0.15) is 0 Å². The summed E-state index contributed by atoms with van der Waals surface area (Å²) < 4.78 is 5.38. The number of carboxylic acids is 1.